The number of halogens is 1. The summed E-state index contributed by atoms with van der Waals surface area (Å²) in [5.74, 6) is 0. The second kappa shape index (κ2) is 5.10. The Bertz CT molecular complexity index is 1080. The molecule has 1 N–H and O–H groups in total. The molecule has 0 saturated heterocycles. The third kappa shape index (κ3) is 2.43. The summed E-state index contributed by atoms with van der Waals surface area (Å²) in [6.07, 6.45) is 3.51. The number of fused-ring (bicyclic) bond motifs is 1. The van der Waals surface area contributed by atoms with E-state index < -0.39 is 0 Å². The molecule has 1 aromatic carbocycles. The maximum atomic E-state index is 12.3. The Morgan fingerprint density at radius 1 is 1.17 bits per heavy atom. The molecule has 0 aliphatic rings. The van der Waals surface area contributed by atoms with Crippen molar-refractivity contribution in [1.29, 1.82) is 0 Å². The fourth-order valence-electron chi connectivity index (χ4n) is 2.50. The number of aromatic amines is 1. The van der Waals surface area contributed by atoms with Gasteiger partial charge in [0.15, 0.2) is 5.65 Å². The topological polar surface area (TPSA) is 68.0 Å². The van der Waals surface area contributed by atoms with Crippen molar-refractivity contribution < 1.29 is 0 Å². The summed E-state index contributed by atoms with van der Waals surface area (Å²) < 4.78 is 3.09. The molecule has 6 nitrogen and oxygen atoms in total. The van der Waals surface area contributed by atoms with Gasteiger partial charge in [0.05, 0.1) is 17.6 Å². The van der Waals surface area contributed by atoms with Gasteiger partial charge in [-0.25, -0.2) is 9.50 Å². The summed E-state index contributed by atoms with van der Waals surface area (Å²) >= 11 is 6.03. The fraction of sp³-hybridized carbons (Fsp3) is 0.0625. The highest BCUT2D eigenvalue weighted by Crippen LogP contribution is 2.23. The molecule has 0 aliphatic carbocycles. The molecule has 3 aromatic heterocycles. The Kier molecular flexibility index (Phi) is 3.06. The van der Waals surface area contributed by atoms with Gasteiger partial charge < -0.3 is 0 Å². The lowest BCUT2D eigenvalue weighted by Crippen LogP contribution is -2.14. The van der Waals surface area contributed by atoms with Crippen LogP contribution in [0.25, 0.3) is 28.2 Å². The van der Waals surface area contributed by atoms with Crippen LogP contribution < -0.4 is 5.56 Å². The predicted molar refractivity (Wildman–Crippen MR) is 88.5 cm³/mol. The van der Waals surface area contributed by atoms with Gasteiger partial charge >= 0.3 is 0 Å². The largest absolute Gasteiger partial charge is 0.289 e. The number of aromatic nitrogens is 5. The Morgan fingerprint density at radius 2 is 2.04 bits per heavy atom. The van der Waals surface area contributed by atoms with Crippen molar-refractivity contribution in [2.24, 2.45) is 7.05 Å². The van der Waals surface area contributed by atoms with Crippen molar-refractivity contribution in [3.8, 4) is 22.5 Å². The first-order valence-corrected chi connectivity index (χ1v) is 7.36. The number of hydrogen-bond donors (Lipinski definition) is 1. The molecule has 0 bridgehead atoms. The van der Waals surface area contributed by atoms with Gasteiger partial charge in [0.25, 0.3) is 5.56 Å². The van der Waals surface area contributed by atoms with E-state index >= 15 is 0 Å². The Balaban J connectivity index is 1.89. The molecule has 0 aliphatic heterocycles. The standard InChI is InChI=1S/C16H12ClN5O/c1-21-9-11(8-18-21)13-7-16(23)22-15(19-13)6-14(20-22)10-3-2-4-12(17)5-10/h2-9,20H,1H3. The predicted octanol–water partition coefficient (Wildman–Crippen LogP) is 2.74. The first kappa shape index (κ1) is 13.8. The molecule has 3 heterocycles. The lowest BCUT2D eigenvalue weighted by Gasteiger charge is -1.98. The van der Waals surface area contributed by atoms with Crippen LogP contribution in [0.5, 0.6) is 0 Å². The van der Waals surface area contributed by atoms with E-state index in [1.54, 1.807) is 16.9 Å². The highest BCUT2D eigenvalue weighted by Gasteiger charge is 2.10. The maximum Gasteiger partial charge on any atom is 0.273 e. The van der Waals surface area contributed by atoms with Gasteiger partial charge in [0.2, 0.25) is 0 Å². The highest BCUT2D eigenvalue weighted by atomic mass is 35.5. The second-order valence-corrected chi connectivity index (χ2v) is 5.69. The van der Waals surface area contributed by atoms with Crippen LogP contribution in [-0.4, -0.2) is 24.4 Å². The first-order chi connectivity index (χ1) is 11.1. The van der Waals surface area contributed by atoms with Crippen molar-refractivity contribution in [2.75, 3.05) is 0 Å². The third-order valence-electron chi connectivity index (χ3n) is 3.59. The molecule has 0 radical (unpaired) electrons. The summed E-state index contributed by atoms with van der Waals surface area (Å²) in [5, 5.41) is 7.80. The molecular formula is C16H12ClN5O. The third-order valence-corrected chi connectivity index (χ3v) is 3.82. The Labute approximate surface area is 136 Å². The van der Waals surface area contributed by atoms with Gasteiger partial charge in [0.1, 0.15) is 0 Å². The zero-order valence-electron chi connectivity index (χ0n) is 12.2. The maximum absolute atomic E-state index is 12.3. The molecule has 0 atom stereocenters. The smallest absolute Gasteiger partial charge is 0.273 e. The molecule has 114 valence electrons. The summed E-state index contributed by atoms with van der Waals surface area (Å²) in [7, 11) is 1.82. The van der Waals surface area contributed by atoms with Gasteiger partial charge in [0, 0.05) is 41.5 Å². The van der Waals surface area contributed by atoms with Gasteiger partial charge in [-0.15, -0.1) is 0 Å². The van der Waals surface area contributed by atoms with Crippen LogP contribution in [-0.2, 0) is 7.05 Å². The summed E-state index contributed by atoms with van der Waals surface area (Å²) in [4.78, 5) is 16.9. The second-order valence-electron chi connectivity index (χ2n) is 5.26. The zero-order valence-corrected chi connectivity index (χ0v) is 12.9. The van der Waals surface area contributed by atoms with Crippen LogP contribution in [0, 0.1) is 0 Å². The van der Waals surface area contributed by atoms with Gasteiger partial charge in [-0.2, -0.15) is 5.10 Å². The minimum atomic E-state index is -0.179. The number of nitrogens with zero attached hydrogens (tertiary/aromatic N) is 4. The van der Waals surface area contributed by atoms with Gasteiger partial charge in [-0.3, -0.25) is 14.6 Å². The Hall–Kier alpha value is -2.86. The van der Waals surface area contributed by atoms with Crippen LogP contribution in [0.3, 0.4) is 0 Å². The number of rotatable bonds is 2. The van der Waals surface area contributed by atoms with E-state index in [0.717, 1.165) is 16.8 Å². The van der Waals surface area contributed by atoms with Crippen LogP contribution in [0.4, 0.5) is 0 Å². The number of benzene rings is 1. The Morgan fingerprint density at radius 3 is 2.78 bits per heavy atom. The van der Waals surface area contributed by atoms with E-state index in [1.807, 2.05) is 37.5 Å². The molecule has 4 aromatic rings. The van der Waals surface area contributed by atoms with Crippen LogP contribution >= 0.6 is 11.6 Å². The normalized spacial score (nSPS) is 11.2. The fourth-order valence-corrected chi connectivity index (χ4v) is 2.69. The molecule has 0 saturated carbocycles. The molecule has 7 heteroatoms. The number of hydrogen-bond acceptors (Lipinski definition) is 3. The van der Waals surface area contributed by atoms with Crippen LogP contribution in [0.15, 0.2) is 53.6 Å². The van der Waals surface area contributed by atoms with Crippen molar-refractivity contribution in [2.45, 2.75) is 0 Å². The lowest BCUT2D eigenvalue weighted by atomic mass is 10.1. The minimum absolute atomic E-state index is 0.179. The first-order valence-electron chi connectivity index (χ1n) is 6.98. The van der Waals surface area contributed by atoms with E-state index in [1.165, 1.54) is 10.6 Å². The molecule has 0 unspecified atom stereocenters. The SMILES string of the molecule is Cn1cc(-c2cc(=O)n3[nH]c(-c4cccc(Cl)c4)cc3n2)cn1. The highest BCUT2D eigenvalue weighted by molar-refractivity contribution is 6.30. The average Bonchev–Trinajstić information content (AvgIpc) is 3.13. The van der Waals surface area contributed by atoms with Crippen molar-refractivity contribution >= 4 is 17.2 Å². The molecule has 0 fully saturated rings. The molecule has 23 heavy (non-hydrogen) atoms. The number of nitrogens with one attached hydrogen (secondary N) is 1. The monoisotopic (exact) mass is 325 g/mol. The van der Waals surface area contributed by atoms with E-state index in [2.05, 4.69) is 15.2 Å². The zero-order chi connectivity index (χ0) is 16.0. The summed E-state index contributed by atoms with van der Waals surface area (Å²) in [5.41, 5.74) is 3.44. The van der Waals surface area contributed by atoms with Gasteiger partial charge in [-0.05, 0) is 12.1 Å². The summed E-state index contributed by atoms with van der Waals surface area (Å²) in [6.45, 7) is 0. The summed E-state index contributed by atoms with van der Waals surface area (Å²) in [6, 6.07) is 10.7. The average molecular weight is 326 g/mol. The molecular weight excluding hydrogens is 314 g/mol. The molecule has 0 spiro atoms. The quantitative estimate of drug-likeness (QED) is 0.616. The van der Waals surface area contributed by atoms with Crippen molar-refractivity contribution in [1.82, 2.24) is 24.4 Å². The lowest BCUT2D eigenvalue weighted by molar-refractivity contribution is 0.768. The minimum Gasteiger partial charge on any atom is -0.289 e. The van der Waals surface area contributed by atoms with E-state index in [9.17, 15) is 4.79 Å². The van der Waals surface area contributed by atoms with E-state index in [4.69, 9.17) is 11.6 Å². The molecule has 4 rings (SSSR count). The number of aryl methyl sites for hydroxylation is 1. The van der Waals surface area contributed by atoms with Crippen molar-refractivity contribution in [3.05, 3.63) is 64.2 Å². The van der Waals surface area contributed by atoms with Gasteiger partial charge in [-0.1, -0.05) is 23.7 Å². The molecule has 0 amide bonds. The number of H-pyrrole nitrogens is 1. The van der Waals surface area contributed by atoms with E-state index in [-0.39, 0.29) is 5.56 Å². The van der Waals surface area contributed by atoms with Crippen LogP contribution in [0.2, 0.25) is 5.02 Å². The van der Waals surface area contributed by atoms with E-state index in [0.29, 0.717) is 16.4 Å². The van der Waals surface area contributed by atoms with Crippen LogP contribution in [0.1, 0.15) is 0 Å². The van der Waals surface area contributed by atoms with Crippen molar-refractivity contribution in [3.63, 3.8) is 0 Å².